The first-order chi connectivity index (χ1) is 9.77. The number of benzene rings is 1. The normalized spacial score (nSPS) is 11.2. The second kappa shape index (κ2) is 5.61. The molecule has 1 aromatic carbocycles. The second-order valence-electron chi connectivity index (χ2n) is 3.91. The van der Waals surface area contributed by atoms with Crippen molar-refractivity contribution >= 4 is 17.6 Å². The molecule has 1 heterocycles. The van der Waals surface area contributed by atoms with Crippen LogP contribution in [-0.2, 0) is 6.18 Å². The van der Waals surface area contributed by atoms with E-state index in [2.05, 4.69) is 4.98 Å². The Kier molecular flexibility index (Phi) is 4.04. The first-order valence-electron chi connectivity index (χ1n) is 5.52. The van der Waals surface area contributed by atoms with Gasteiger partial charge >= 0.3 is 12.1 Å². The third-order valence-corrected chi connectivity index (χ3v) is 2.63. The van der Waals surface area contributed by atoms with Gasteiger partial charge in [0.25, 0.3) is 0 Å². The molecule has 0 aliphatic heterocycles. The minimum atomic E-state index is -4.70. The van der Waals surface area contributed by atoms with E-state index in [-0.39, 0.29) is 10.8 Å². The van der Waals surface area contributed by atoms with Crippen LogP contribution in [0.4, 0.5) is 13.2 Å². The molecule has 0 aliphatic carbocycles. The molecular formula is C13H7ClF3NO3. The van der Waals surface area contributed by atoms with Crippen LogP contribution in [0, 0.1) is 0 Å². The van der Waals surface area contributed by atoms with Gasteiger partial charge in [0.05, 0.1) is 0 Å². The SMILES string of the molecule is O=C(O)c1ccc(C(F)(F)F)nc1Oc1cccc(Cl)c1. The minimum Gasteiger partial charge on any atom is -0.477 e. The summed E-state index contributed by atoms with van der Waals surface area (Å²) in [5.41, 5.74) is -1.73. The Morgan fingerprint density at radius 2 is 1.95 bits per heavy atom. The highest BCUT2D eigenvalue weighted by atomic mass is 35.5. The molecule has 0 aliphatic rings. The van der Waals surface area contributed by atoms with Gasteiger partial charge in [0.15, 0.2) is 0 Å². The molecule has 0 saturated heterocycles. The fraction of sp³-hybridized carbons (Fsp3) is 0.0769. The Hall–Kier alpha value is -2.28. The maximum Gasteiger partial charge on any atom is 0.433 e. The number of alkyl halides is 3. The zero-order valence-electron chi connectivity index (χ0n) is 10.2. The lowest BCUT2D eigenvalue weighted by molar-refractivity contribution is -0.141. The maximum atomic E-state index is 12.6. The van der Waals surface area contributed by atoms with Gasteiger partial charge in [-0.25, -0.2) is 9.78 Å². The summed E-state index contributed by atoms with van der Waals surface area (Å²) in [5.74, 6) is -2.02. The lowest BCUT2D eigenvalue weighted by atomic mass is 10.2. The lowest BCUT2D eigenvalue weighted by Gasteiger charge is -2.11. The Bertz CT molecular complexity index is 689. The number of aromatic nitrogens is 1. The van der Waals surface area contributed by atoms with Crippen molar-refractivity contribution in [3.8, 4) is 11.6 Å². The largest absolute Gasteiger partial charge is 0.477 e. The molecule has 0 bridgehead atoms. The summed E-state index contributed by atoms with van der Waals surface area (Å²) < 4.78 is 43.0. The molecule has 4 nitrogen and oxygen atoms in total. The van der Waals surface area contributed by atoms with Crippen LogP contribution in [0.25, 0.3) is 0 Å². The van der Waals surface area contributed by atoms with Gasteiger partial charge in [-0.15, -0.1) is 0 Å². The molecule has 2 aromatic rings. The first-order valence-corrected chi connectivity index (χ1v) is 5.90. The standard InChI is InChI=1S/C13H7ClF3NO3/c14-7-2-1-3-8(6-7)21-11-9(12(19)20)4-5-10(18-11)13(15,16)17/h1-6H,(H,19,20). The van der Waals surface area contributed by atoms with Gasteiger partial charge in [-0.2, -0.15) is 13.2 Å². The molecule has 0 unspecified atom stereocenters. The van der Waals surface area contributed by atoms with Crippen molar-refractivity contribution in [3.63, 3.8) is 0 Å². The molecule has 1 N–H and O–H groups in total. The molecule has 2 rings (SSSR count). The number of nitrogens with zero attached hydrogens (tertiary/aromatic N) is 1. The Balaban J connectivity index is 2.46. The number of carboxylic acids is 1. The Labute approximate surface area is 121 Å². The molecule has 0 amide bonds. The molecule has 0 saturated carbocycles. The van der Waals surface area contributed by atoms with Crippen LogP contribution in [0.2, 0.25) is 5.02 Å². The van der Waals surface area contributed by atoms with Crippen molar-refractivity contribution in [2.24, 2.45) is 0 Å². The van der Waals surface area contributed by atoms with Crippen molar-refractivity contribution < 1.29 is 27.8 Å². The molecule has 8 heteroatoms. The average Bonchev–Trinajstić information content (AvgIpc) is 2.37. The fourth-order valence-electron chi connectivity index (χ4n) is 1.48. The van der Waals surface area contributed by atoms with E-state index in [9.17, 15) is 18.0 Å². The van der Waals surface area contributed by atoms with Crippen LogP contribution in [0.3, 0.4) is 0 Å². The van der Waals surface area contributed by atoms with Crippen LogP contribution >= 0.6 is 11.6 Å². The van der Waals surface area contributed by atoms with E-state index in [1.54, 1.807) is 0 Å². The van der Waals surface area contributed by atoms with E-state index >= 15 is 0 Å². The molecule has 110 valence electrons. The number of ether oxygens (including phenoxy) is 1. The van der Waals surface area contributed by atoms with Crippen molar-refractivity contribution in [1.29, 1.82) is 0 Å². The van der Waals surface area contributed by atoms with E-state index < -0.39 is 29.3 Å². The summed E-state index contributed by atoms with van der Waals surface area (Å²) in [6.45, 7) is 0. The number of carbonyl (C=O) groups is 1. The topological polar surface area (TPSA) is 59.4 Å². The van der Waals surface area contributed by atoms with Crippen LogP contribution in [-0.4, -0.2) is 16.1 Å². The average molecular weight is 318 g/mol. The number of aromatic carboxylic acids is 1. The van der Waals surface area contributed by atoms with Crippen LogP contribution in [0.15, 0.2) is 36.4 Å². The number of rotatable bonds is 3. The Morgan fingerprint density at radius 3 is 2.52 bits per heavy atom. The number of halogens is 4. The third-order valence-electron chi connectivity index (χ3n) is 2.39. The highest BCUT2D eigenvalue weighted by molar-refractivity contribution is 6.30. The van der Waals surface area contributed by atoms with Crippen molar-refractivity contribution in [3.05, 3.63) is 52.7 Å². The molecule has 0 radical (unpaired) electrons. The summed E-state index contributed by atoms with van der Waals surface area (Å²) >= 11 is 5.72. The van der Waals surface area contributed by atoms with E-state index in [1.165, 1.54) is 24.3 Å². The molecular weight excluding hydrogens is 311 g/mol. The predicted octanol–water partition coefficient (Wildman–Crippen LogP) is 4.24. The van der Waals surface area contributed by atoms with E-state index in [4.69, 9.17) is 21.4 Å². The third kappa shape index (κ3) is 3.63. The van der Waals surface area contributed by atoms with E-state index in [0.29, 0.717) is 6.07 Å². The second-order valence-corrected chi connectivity index (χ2v) is 4.35. The summed E-state index contributed by atoms with van der Waals surface area (Å²) in [5, 5.41) is 9.25. The number of hydrogen-bond donors (Lipinski definition) is 1. The fourth-order valence-corrected chi connectivity index (χ4v) is 1.66. The number of hydrogen-bond acceptors (Lipinski definition) is 3. The van der Waals surface area contributed by atoms with Gasteiger partial charge in [0, 0.05) is 5.02 Å². The minimum absolute atomic E-state index is 0.0804. The monoisotopic (exact) mass is 317 g/mol. The van der Waals surface area contributed by atoms with Crippen molar-refractivity contribution in [2.45, 2.75) is 6.18 Å². The summed E-state index contributed by atoms with van der Waals surface area (Å²) in [7, 11) is 0. The van der Waals surface area contributed by atoms with Crippen molar-refractivity contribution in [1.82, 2.24) is 4.98 Å². The summed E-state index contributed by atoms with van der Waals surface area (Å²) in [4.78, 5) is 14.2. The smallest absolute Gasteiger partial charge is 0.433 e. The predicted molar refractivity (Wildman–Crippen MR) is 67.7 cm³/mol. The van der Waals surface area contributed by atoms with Gasteiger partial charge in [-0.05, 0) is 30.3 Å². The summed E-state index contributed by atoms with van der Waals surface area (Å²) in [6, 6.07) is 7.15. The van der Waals surface area contributed by atoms with E-state index in [0.717, 1.165) is 6.07 Å². The zero-order valence-corrected chi connectivity index (χ0v) is 10.9. The van der Waals surface area contributed by atoms with Crippen LogP contribution in [0.5, 0.6) is 11.6 Å². The van der Waals surface area contributed by atoms with Crippen LogP contribution in [0.1, 0.15) is 16.1 Å². The van der Waals surface area contributed by atoms with Gasteiger partial charge in [-0.3, -0.25) is 0 Å². The van der Waals surface area contributed by atoms with Crippen LogP contribution < -0.4 is 4.74 Å². The highest BCUT2D eigenvalue weighted by Gasteiger charge is 2.34. The molecule has 21 heavy (non-hydrogen) atoms. The van der Waals surface area contributed by atoms with Gasteiger partial charge in [-0.1, -0.05) is 17.7 Å². The van der Waals surface area contributed by atoms with Gasteiger partial charge in [0.2, 0.25) is 5.88 Å². The first kappa shape index (κ1) is 15.1. The van der Waals surface area contributed by atoms with Gasteiger partial charge < -0.3 is 9.84 Å². The van der Waals surface area contributed by atoms with Gasteiger partial charge in [0.1, 0.15) is 17.0 Å². The molecule has 0 atom stereocenters. The van der Waals surface area contributed by atoms with E-state index in [1.807, 2.05) is 0 Å². The van der Waals surface area contributed by atoms with Crippen molar-refractivity contribution in [2.75, 3.05) is 0 Å². The maximum absolute atomic E-state index is 12.6. The Morgan fingerprint density at radius 1 is 1.24 bits per heavy atom. The number of carboxylic acid groups (broad SMARTS) is 1. The zero-order chi connectivity index (χ0) is 15.6. The highest BCUT2D eigenvalue weighted by Crippen LogP contribution is 2.32. The quantitative estimate of drug-likeness (QED) is 0.919. The molecule has 0 spiro atoms. The summed E-state index contributed by atoms with van der Waals surface area (Å²) in [6.07, 6.45) is -4.70. The molecule has 0 fully saturated rings. The number of pyridine rings is 1. The molecule has 1 aromatic heterocycles. The lowest BCUT2D eigenvalue weighted by Crippen LogP contribution is -2.11.